The van der Waals surface area contributed by atoms with E-state index in [1.165, 1.54) is 32.1 Å². The minimum atomic E-state index is -0.188. The summed E-state index contributed by atoms with van der Waals surface area (Å²) in [4.78, 5) is 15.7. The molecule has 0 unspecified atom stereocenters. The van der Waals surface area contributed by atoms with E-state index in [1.807, 2.05) is 6.07 Å². The van der Waals surface area contributed by atoms with Gasteiger partial charge in [-0.3, -0.25) is 4.79 Å². The standard InChI is InChI=1S/C15H18N2O2/c16-8-6-14(18)13-7-9-17-15(10-13)19-11-12-4-2-1-3-5-12/h7,9-10,12H,1-6,11H2. The van der Waals surface area contributed by atoms with Crippen LogP contribution in [0.1, 0.15) is 48.9 Å². The SMILES string of the molecule is N#CCC(=O)c1ccnc(OCC2CCCCC2)c1. The summed E-state index contributed by atoms with van der Waals surface area (Å²) in [6, 6.07) is 5.10. The molecule has 1 saturated carbocycles. The van der Waals surface area contributed by atoms with Crippen molar-refractivity contribution < 1.29 is 9.53 Å². The molecule has 1 aromatic rings. The molecule has 1 aliphatic carbocycles. The van der Waals surface area contributed by atoms with Gasteiger partial charge in [0.1, 0.15) is 0 Å². The monoisotopic (exact) mass is 258 g/mol. The molecule has 1 aromatic heterocycles. The third kappa shape index (κ3) is 4.06. The number of nitrogens with zero attached hydrogens (tertiary/aromatic N) is 2. The molecule has 0 bridgehead atoms. The number of Topliss-reactive ketones (excluding diaryl/α,β-unsaturated/α-hetero) is 1. The highest BCUT2D eigenvalue weighted by Crippen LogP contribution is 2.24. The van der Waals surface area contributed by atoms with Crippen molar-refractivity contribution in [1.29, 1.82) is 5.26 Å². The Balaban J connectivity index is 1.91. The minimum Gasteiger partial charge on any atom is -0.477 e. The molecule has 2 rings (SSSR count). The largest absolute Gasteiger partial charge is 0.477 e. The molecule has 1 heterocycles. The Morgan fingerprint density at radius 3 is 2.95 bits per heavy atom. The Morgan fingerprint density at radius 2 is 2.21 bits per heavy atom. The van der Waals surface area contributed by atoms with E-state index >= 15 is 0 Å². The van der Waals surface area contributed by atoms with Gasteiger partial charge >= 0.3 is 0 Å². The number of hydrogen-bond donors (Lipinski definition) is 0. The summed E-state index contributed by atoms with van der Waals surface area (Å²) in [6.45, 7) is 0.670. The zero-order valence-electron chi connectivity index (χ0n) is 11.0. The summed E-state index contributed by atoms with van der Waals surface area (Å²) >= 11 is 0. The van der Waals surface area contributed by atoms with Crippen LogP contribution >= 0.6 is 0 Å². The van der Waals surface area contributed by atoms with Gasteiger partial charge in [0.15, 0.2) is 5.78 Å². The fraction of sp³-hybridized carbons (Fsp3) is 0.533. The number of pyridine rings is 1. The van der Waals surface area contributed by atoms with Crippen LogP contribution in [0.3, 0.4) is 0 Å². The highest BCUT2D eigenvalue weighted by atomic mass is 16.5. The number of aromatic nitrogens is 1. The molecule has 0 spiro atoms. The van der Waals surface area contributed by atoms with E-state index in [4.69, 9.17) is 10.00 Å². The van der Waals surface area contributed by atoms with Crippen LogP contribution in [0.2, 0.25) is 0 Å². The van der Waals surface area contributed by atoms with Crippen molar-refractivity contribution in [3.63, 3.8) is 0 Å². The lowest BCUT2D eigenvalue weighted by Gasteiger charge is -2.21. The predicted octanol–water partition coefficient (Wildman–Crippen LogP) is 3.14. The first-order valence-corrected chi connectivity index (χ1v) is 6.78. The van der Waals surface area contributed by atoms with Crippen LogP contribution in [0.15, 0.2) is 18.3 Å². The van der Waals surface area contributed by atoms with E-state index in [1.54, 1.807) is 18.3 Å². The Hall–Kier alpha value is -1.89. The first-order valence-electron chi connectivity index (χ1n) is 6.78. The summed E-state index contributed by atoms with van der Waals surface area (Å²) in [5, 5.41) is 8.52. The highest BCUT2D eigenvalue weighted by molar-refractivity contribution is 5.97. The molecule has 4 heteroatoms. The average molecular weight is 258 g/mol. The van der Waals surface area contributed by atoms with E-state index in [2.05, 4.69) is 4.98 Å². The lowest BCUT2D eigenvalue weighted by Crippen LogP contribution is -2.15. The van der Waals surface area contributed by atoms with Gasteiger partial charge in [-0.1, -0.05) is 19.3 Å². The summed E-state index contributed by atoms with van der Waals surface area (Å²) < 4.78 is 5.67. The van der Waals surface area contributed by atoms with Crippen LogP contribution in [-0.4, -0.2) is 17.4 Å². The number of nitriles is 1. The topological polar surface area (TPSA) is 63.0 Å². The number of hydrogen-bond acceptors (Lipinski definition) is 4. The molecule has 0 amide bonds. The van der Waals surface area contributed by atoms with Gasteiger partial charge in [0.2, 0.25) is 5.88 Å². The van der Waals surface area contributed by atoms with Crippen LogP contribution in [0.5, 0.6) is 5.88 Å². The van der Waals surface area contributed by atoms with Crippen molar-refractivity contribution in [1.82, 2.24) is 4.98 Å². The lowest BCUT2D eigenvalue weighted by molar-refractivity contribution is 0.0997. The van der Waals surface area contributed by atoms with Crippen LogP contribution < -0.4 is 4.74 Å². The van der Waals surface area contributed by atoms with E-state index in [0.717, 1.165) is 0 Å². The molecule has 0 atom stereocenters. The molecular formula is C15H18N2O2. The maximum absolute atomic E-state index is 11.6. The Morgan fingerprint density at radius 1 is 1.42 bits per heavy atom. The first kappa shape index (κ1) is 13.5. The quantitative estimate of drug-likeness (QED) is 0.761. The number of carbonyl (C=O) groups is 1. The second-order valence-electron chi connectivity index (χ2n) is 4.96. The third-order valence-corrected chi connectivity index (χ3v) is 3.49. The molecule has 0 radical (unpaired) electrons. The minimum absolute atomic E-state index is 0.105. The lowest BCUT2D eigenvalue weighted by atomic mass is 9.90. The van der Waals surface area contributed by atoms with Crippen molar-refractivity contribution in [2.75, 3.05) is 6.61 Å². The number of carbonyl (C=O) groups excluding carboxylic acids is 1. The number of rotatable bonds is 5. The Labute approximate surface area is 113 Å². The van der Waals surface area contributed by atoms with E-state index < -0.39 is 0 Å². The molecule has 1 fully saturated rings. The van der Waals surface area contributed by atoms with Gasteiger partial charge in [-0.25, -0.2) is 4.98 Å². The smallest absolute Gasteiger partial charge is 0.213 e. The van der Waals surface area contributed by atoms with Gasteiger partial charge in [0.25, 0.3) is 0 Å². The van der Waals surface area contributed by atoms with Crippen LogP contribution in [-0.2, 0) is 0 Å². The van der Waals surface area contributed by atoms with Crippen molar-refractivity contribution in [3.8, 4) is 11.9 Å². The van der Waals surface area contributed by atoms with E-state index in [-0.39, 0.29) is 12.2 Å². The van der Waals surface area contributed by atoms with Gasteiger partial charge in [0.05, 0.1) is 19.1 Å². The average Bonchev–Trinajstić information content (AvgIpc) is 2.47. The van der Waals surface area contributed by atoms with Gasteiger partial charge in [-0.05, 0) is 24.8 Å². The summed E-state index contributed by atoms with van der Waals surface area (Å²) in [5.74, 6) is 0.899. The second-order valence-corrected chi connectivity index (χ2v) is 4.96. The van der Waals surface area contributed by atoms with E-state index in [0.29, 0.717) is 24.0 Å². The van der Waals surface area contributed by atoms with Crippen molar-refractivity contribution in [2.24, 2.45) is 5.92 Å². The molecule has 0 saturated heterocycles. The third-order valence-electron chi connectivity index (χ3n) is 3.49. The summed E-state index contributed by atoms with van der Waals surface area (Å²) in [6.07, 6.45) is 7.77. The zero-order chi connectivity index (χ0) is 13.5. The first-order chi connectivity index (χ1) is 9.29. The number of ether oxygens (including phenoxy) is 1. The van der Waals surface area contributed by atoms with Crippen molar-refractivity contribution >= 4 is 5.78 Å². The maximum Gasteiger partial charge on any atom is 0.213 e. The van der Waals surface area contributed by atoms with Gasteiger partial charge < -0.3 is 4.74 Å². The van der Waals surface area contributed by atoms with Gasteiger partial charge in [-0.15, -0.1) is 0 Å². The van der Waals surface area contributed by atoms with Crippen LogP contribution in [0.25, 0.3) is 0 Å². The second kappa shape index (κ2) is 6.89. The maximum atomic E-state index is 11.6. The zero-order valence-corrected chi connectivity index (χ0v) is 11.0. The molecule has 100 valence electrons. The molecule has 0 aliphatic heterocycles. The summed E-state index contributed by atoms with van der Waals surface area (Å²) in [5.41, 5.74) is 0.496. The van der Waals surface area contributed by atoms with E-state index in [9.17, 15) is 4.79 Å². The summed E-state index contributed by atoms with van der Waals surface area (Å²) in [7, 11) is 0. The van der Waals surface area contributed by atoms with Crippen LogP contribution in [0.4, 0.5) is 0 Å². The van der Waals surface area contributed by atoms with Crippen molar-refractivity contribution in [2.45, 2.75) is 38.5 Å². The van der Waals surface area contributed by atoms with Gasteiger partial charge in [-0.2, -0.15) is 5.26 Å². The predicted molar refractivity (Wildman–Crippen MR) is 70.9 cm³/mol. The molecular weight excluding hydrogens is 240 g/mol. The van der Waals surface area contributed by atoms with Crippen molar-refractivity contribution in [3.05, 3.63) is 23.9 Å². The Kier molecular flexibility index (Phi) is 4.91. The highest BCUT2D eigenvalue weighted by Gasteiger charge is 2.14. The molecule has 19 heavy (non-hydrogen) atoms. The Bertz CT molecular complexity index is 473. The molecule has 0 N–H and O–H groups in total. The fourth-order valence-electron chi connectivity index (χ4n) is 2.39. The normalized spacial score (nSPS) is 15.7. The molecule has 0 aromatic carbocycles. The van der Waals surface area contributed by atoms with Crippen LogP contribution in [0, 0.1) is 17.2 Å². The molecule has 1 aliphatic rings. The van der Waals surface area contributed by atoms with Gasteiger partial charge in [0, 0.05) is 17.8 Å². The molecule has 4 nitrogen and oxygen atoms in total. The fourth-order valence-corrected chi connectivity index (χ4v) is 2.39. The number of ketones is 1.